The summed E-state index contributed by atoms with van der Waals surface area (Å²) in [6.07, 6.45) is 0. The number of ether oxygens (including phenoxy) is 2. The summed E-state index contributed by atoms with van der Waals surface area (Å²) >= 11 is 0. The maximum absolute atomic E-state index is 12.5. The third-order valence-corrected chi connectivity index (χ3v) is 3.97. The maximum atomic E-state index is 12.5. The number of carbonyl (C=O) groups excluding carboxylic acids is 3. The highest BCUT2D eigenvalue weighted by Gasteiger charge is 2.27. The molecule has 152 valence electrons. The smallest absolute Gasteiger partial charge is 0.340 e. The Hall–Kier alpha value is -3.55. The van der Waals surface area contributed by atoms with Crippen LogP contribution in [0.3, 0.4) is 0 Å². The summed E-state index contributed by atoms with van der Waals surface area (Å²) in [6.45, 7) is 5.26. The summed E-state index contributed by atoms with van der Waals surface area (Å²) in [5, 5.41) is 7.88. The molecule has 3 amide bonds. The Balaban J connectivity index is 1.67. The monoisotopic (exact) mass is 397 g/mol. The molecule has 2 aromatic carbocycles. The largest absolute Gasteiger partial charge is 0.489 e. The SMILES string of the molecule is CC(C)(C)OC(=O)c1ccccc1NC(=O)N[C@@H]1COc2ccccc2NC1=O. The van der Waals surface area contributed by atoms with Gasteiger partial charge in [-0.1, -0.05) is 24.3 Å². The molecule has 1 aliphatic rings. The van der Waals surface area contributed by atoms with Crippen molar-refractivity contribution in [1.29, 1.82) is 0 Å². The molecular weight excluding hydrogens is 374 g/mol. The molecule has 1 atom stereocenters. The number of benzene rings is 2. The van der Waals surface area contributed by atoms with Crippen molar-refractivity contribution in [3.05, 3.63) is 54.1 Å². The summed E-state index contributed by atoms with van der Waals surface area (Å²) in [5.74, 6) is -0.425. The van der Waals surface area contributed by atoms with E-state index in [9.17, 15) is 14.4 Å². The first-order valence-corrected chi connectivity index (χ1v) is 9.15. The van der Waals surface area contributed by atoms with Crippen molar-refractivity contribution < 1.29 is 23.9 Å². The average molecular weight is 397 g/mol. The molecule has 2 aromatic rings. The van der Waals surface area contributed by atoms with Gasteiger partial charge in [-0.15, -0.1) is 0 Å². The predicted octanol–water partition coefficient (Wildman–Crippen LogP) is 3.16. The van der Waals surface area contributed by atoms with Crippen molar-refractivity contribution in [3.8, 4) is 5.75 Å². The Bertz CT molecular complexity index is 936. The van der Waals surface area contributed by atoms with Crippen LogP contribution in [-0.4, -0.2) is 36.2 Å². The Kier molecular flexibility index (Phi) is 5.72. The van der Waals surface area contributed by atoms with Crippen LogP contribution < -0.4 is 20.7 Å². The number of rotatable bonds is 3. The van der Waals surface area contributed by atoms with Gasteiger partial charge in [0, 0.05) is 0 Å². The van der Waals surface area contributed by atoms with Crippen molar-refractivity contribution in [1.82, 2.24) is 5.32 Å². The van der Waals surface area contributed by atoms with Crippen LogP contribution in [0, 0.1) is 0 Å². The number of hydrogen-bond donors (Lipinski definition) is 3. The molecule has 1 heterocycles. The van der Waals surface area contributed by atoms with Gasteiger partial charge < -0.3 is 25.4 Å². The summed E-state index contributed by atoms with van der Waals surface area (Å²) in [5.41, 5.74) is 0.360. The molecule has 3 rings (SSSR count). The molecule has 0 spiro atoms. The lowest BCUT2D eigenvalue weighted by Crippen LogP contribution is -2.48. The van der Waals surface area contributed by atoms with Crippen LogP contribution in [0.4, 0.5) is 16.2 Å². The number of esters is 1. The van der Waals surface area contributed by atoms with E-state index in [0.717, 1.165) is 0 Å². The van der Waals surface area contributed by atoms with Crippen LogP contribution in [0.5, 0.6) is 5.75 Å². The first-order chi connectivity index (χ1) is 13.7. The van der Waals surface area contributed by atoms with Crippen LogP contribution in [0.1, 0.15) is 31.1 Å². The van der Waals surface area contributed by atoms with Gasteiger partial charge in [0.25, 0.3) is 5.91 Å². The van der Waals surface area contributed by atoms with Gasteiger partial charge in [0.1, 0.15) is 24.0 Å². The lowest BCUT2D eigenvalue weighted by atomic mass is 10.1. The van der Waals surface area contributed by atoms with Crippen LogP contribution in [0.2, 0.25) is 0 Å². The van der Waals surface area contributed by atoms with E-state index in [1.165, 1.54) is 0 Å². The van der Waals surface area contributed by atoms with E-state index in [4.69, 9.17) is 9.47 Å². The Morgan fingerprint density at radius 1 is 1.10 bits per heavy atom. The van der Waals surface area contributed by atoms with Crippen molar-refractivity contribution in [2.75, 3.05) is 17.2 Å². The van der Waals surface area contributed by atoms with Gasteiger partial charge in [0.05, 0.1) is 16.9 Å². The second-order valence-corrected chi connectivity index (χ2v) is 7.49. The first-order valence-electron chi connectivity index (χ1n) is 9.15. The summed E-state index contributed by atoms with van der Waals surface area (Å²) in [4.78, 5) is 37.2. The van der Waals surface area contributed by atoms with Gasteiger partial charge in [-0.3, -0.25) is 4.79 Å². The summed E-state index contributed by atoms with van der Waals surface area (Å²) < 4.78 is 11.0. The fourth-order valence-electron chi connectivity index (χ4n) is 2.69. The molecule has 0 aromatic heterocycles. The number of para-hydroxylation sites is 3. The Morgan fingerprint density at radius 2 is 1.79 bits per heavy atom. The predicted molar refractivity (Wildman–Crippen MR) is 108 cm³/mol. The van der Waals surface area contributed by atoms with Gasteiger partial charge in [-0.2, -0.15) is 0 Å². The topological polar surface area (TPSA) is 106 Å². The number of anilines is 2. The fraction of sp³-hybridized carbons (Fsp3) is 0.286. The number of nitrogens with one attached hydrogen (secondary N) is 3. The molecule has 0 aliphatic carbocycles. The summed E-state index contributed by atoms with van der Waals surface area (Å²) in [7, 11) is 0. The number of urea groups is 1. The van der Waals surface area contributed by atoms with Crippen molar-refractivity contribution >= 4 is 29.3 Å². The van der Waals surface area contributed by atoms with Crippen molar-refractivity contribution in [3.63, 3.8) is 0 Å². The van der Waals surface area contributed by atoms with Gasteiger partial charge in [-0.05, 0) is 45.0 Å². The normalized spacial score (nSPS) is 15.8. The zero-order chi connectivity index (χ0) is 21.0. The highest BCUT2D eigenvalue weighted by molar-refractivity contribution is 6.03. The molecule has 3 N–H and O–H groups in total. The molecule has 0 radical (unpaired) electrons. The first kappa shape index (κ1) is 20.2. The number of carbonyl (C=O) groups is 3. The molecule has 8 heteroatoms. The molecule has 0 bridgehead atoms. The Labute approximate surface area is 168 Å². The molecule has 0 unspecified atom stereocenters. The van der Waals surface area contributed by atoms with E-state index in [1.807, 2.05) is 0 Å². The van der Waals surface area contributed by atoms with Gasteiger partial charge in [-0.25, -0.2) is 9.59 Å². The van der Waals surface area contributed by atoms with Gasteiger partial charge >= 0.3 is 12.0 Å². The van der Waals surface area contributed by atoms with Crippen LogP contribution in [0.15, 0.2) is 48.5 Å². The zero-order valence-corrected chi connectivity index (χ0v) is 16.4. The molecule has 1 aliphatic heterocycles. The molecular formula is C21H23N3O5. The minimum Gasteiger partial charge on any atom is -0.489 e. The maximum Gasteiger partial charge on any atom is 0.340 e. The molecule has 0 saturated carbocycles. The van der Waals surface area contributed by atoms with Gasteiger partial charge in [0.15, 0.2) is 0 Å². The minimum absolute atomic E-state index is 0.0238. The number of amides is 3. The minimum atomic E-state index is -0.906. The second-order valence-electron chi connectivity index (χ2n) is 7.49. The van der Waals surface area contributed by atoms with E-state index in [-0.39, 0.29) is 17.9 Å². The lowest BCUT2D eigenvalue weighted by Gasteiger charge is -2.21. The standard InChI is InChI=1S/C21H23N3O5/c1-21(2,3)29-19(26)13-8-4-5-9-14(13)23-20(27)24-16-12-28-17-11-7-6-10-15(17)22-18(16)25/h4-11,16H,12H2,1-3H3,(H,22,25)(H2,23,24,27)/t16-/m1/s1. The quantitative estimate of drug-likeness (QED) is 0.690. The fourth-order valence-corrected chi connectivity index (χ4v) is 2.69. The van der Waals surface area contributed by atoms with E-state index in [0.29, 0.717) is 11.4 Å². The van der Waals surface area contributed by atoms with Crippen LogP contribution in [0.25, 0.3) is 0 Å². The number of fused-ring (bicyclic) bond motifs is 1. The van der Waals surface area contributed by atoms with E-state index < -0.39 is 29.6 Å². The van der Waals surface area contributed by atoms with Crippen LogP contribution >= 0.6 is 0 Å². The Morgan fingerprint density at radius 3 is 2.55 bits per heavy atom. The molecule has 0 fully saturated rings. The van der Waals surface area contributed by atoms with Crippen molar-refractivity contribution in [2.45, 2.75) is 32.4 Å². The van der Waals surface area contributed by atoms with E-state index >= 15 is 0 Å². The average Bonchev–Trinajstić information content (AvgIpc) is 2.79. The summed E-state index contributed by atoms with van der Waals surface area (Å²) in [6, 6.07) is 12.0. The lowest BCUT2D eigenvalue weighted by molar-refractivity contribution is -0.118. The highest BCUT2D eigenvalue weighted by atomic mass is 16.6. The zero-order valence-electron chi connectivity index (χ0n) is 16.4. The van der Waals surface area contributed by atoms with Crippen molar-refractivity contribution in [2.24, 2.45) is 0 Å². The van der Waals surface area contributed by atoms with E-state index in [2.05, 4.69) is 16.0 Å². The van der Waals surface area contributed by atoms with Gasteiger partial charge in [0.2, 0.25) is 0 Å². The second kappa shape index (κ2) is 8.22. The third kappa shape index (κ3) is 5.25. The third-order valence-electron chi connectivity index (χ3n) is 3.97. The molecule has 8 nitrogen and oxygen atoms in total. The van der Waals surface area contributed by atoms with E-state index in [1.54, 1.807) is 69.3 Å². The highest BCUT2D eigenvalue weighted by Crippen LogP contribution is 2.26. The number of hydrogen-bond acceptors (Lipinski definition) is 5. The molecule has 29 heavy (non-hydrogen) atoms. The van der Waals surface area contributed by atoms with Crippen LogP contribution in [-0.2, 0) is 9.53 Å². The molecule has 0 saturated heterocycles.